The van der Waals surface area contributed by atoms with Gasteiger partial charge in [-0.05, 0) is 49.2 Å². The summed E-state index contributed by atoms with van der Waals surface area (Å²) in [4.78, 5) is 2.63. The van der Waals surface area contributed by atoms with Crippen molar-refractivity contribution in [2.24, 2.45) is 11.1 Å². The minimum atomic E-state index is 0.464. The fourth-order valence-corrected chi connectivity index (χ4v) is 3.42. The summed E-state index contributed by atoms with van der Waals surface area (Å²) in [6, 6.07) is 11.3. The van der Waals surface area contributed by atoms with Crippen molar-refractivity contribution in [2.75, 3.05) is 19.6 Å². The van der Waals surface area contributed by atoms with Crippen molar-refractivity contribution in [1.29, 1.82) is 0 Å². The lowest BCUT2D eigenvalue weighted by Crippen LogP contribution is -2.44. The molecule has 0 radical (unpaired) electrons. The van der Waals surface area contributed by atoms with Crippen LogP contribution in [0, 0.1) is 5.41 Å². The first-order valence-corrected chi connectivity index (χ1v) is 8.02. The van der Waals surface area contributed by atoms with E-state index in [1.807, 2.05) is 0 Å². The molecule has 2 unspecified atom stereocenters. The average molecular weight is 274 g/mol. The lowest BCUT2D eigenvalue weighted by molar-refractivity contribution is 0.178. The van der Waals surface area contributed by atoms with E-state index in [1.165, 1.54) is 37.9 Å². The van der Waals surface area contributed by atoms with Crippen molar-refractivity contribution in [2.45, 2.75) is 52.0 Å². The predicted molar refractivity (Wildman–Crippen MR) is 86.9 cm³/mol. The summed E-state index contributed by atoms with van der Waals surface area (Å²) in [5.41, 5.74) is 8.02. The van der Waals surface area contributed by atoms with Gasteiger partial charge in [-0.3, -0.25) is 4.90 Å². The summed E-state index contributed by atoms with van der Waals surface area (Å²) in [6.07, 6.45) is 3.91. The second kappa shape index (κ2) is 6.73. The fraction of sp³-hybridized carbons (Fsp3) is 0.667. The van der Waals surface area contributed by atoms with Crippen molar-refractivity contribution in [3.05, 3.63) is 35.9 Å². The van der Waals surface area contributed by atoms with Gasteiger partial charge in [0.25, 0.3) is 0 Å². The van der Waals surface area contributed by atoms with Crippen LogP contribution in [0.2, 0.25) is 0 Å². The van der Waals surface area contributed by atoms with Crippen LogP contribution in [0.3, 0.4) is 0 Å². The normalized spacial score (nSPS) is 23.0. The highest BCUT2D eigenvalue weighted by atomic mass is 15.2. The van der Waals surface area contributed by atoms with E-state index in [0.717, 1.165) is 6.54 Å². The van der Waals surface area contributed by atoms with Crippen LogP contribution >= 0.6 is 0 Å². The molecule has 1 fully saturated rings. The van der Waals surface area contributed by atoms with Gasteiger partial charge in [-0.2, -0.15) is 0 Å². The Bertz CT molecular complexity index is 399. The third kappa shape index (κ3) is 3.83. The Kier molecular flexibility index (Phi) is 5.22. The number of likely N-dealkylation sites (tertiary alicyclic amines) is 1. The van der Waals surface area contributed by atoms with Crippen molar-refractivity contribution in [1.82, 2.24) is 4.90 Å². The fourth-order valence-electron chi connectivity index (χ4n) is 3.42. The van der Waals surface area contributed by atoms with Gasteiger partial charge >= 0.3 is 0 Å². The molecule has 0 aromatic heterocycles. The van der Waals surface area contributed by atoms with Gasteiger partial charge in [0, 0.05) is 12.6 Å². The summed E-state index contributed by atoms with van der Waals surface area (Å²) < 4.78 is 0. The van der Waals surface area contributed by atoms with E-state index in [1.54, 1.807) is 0 Å². The van der Waals surface area contributed by atoms with Crippen molar-refractivity contribution in [3.8, 4) is 0 Å². The zero-order valence-electron chi connectivity index (χ0n) is 13.3. The van der Waals surface area contributed by atoms with E-state index in [0.29, 0.717) is 17.4 Å². The van der Waals surface area contributed by atoms with E-state index in [9.17, 15) is 0 Å². The van der Waals surface area contributed by atoms with Crippen molar-refractivity contribution < 1.29 is 0 Å². The highest BCUT2D eigenvalue weighted by molar-refractivity contribution is 5.20. The third-order valence-electron chi connectivity index (χ3n) is 4.99. The smallest absolute Gasteiger partial charge is 0.0284 e. The Hall–Kier alpha value is -0.860. The molecule has 0 spiro atoms. The first-order chi connectivity index (χ1) is 9.53. The van der Waals surface area contributed by atoms with Crippen LogP contribution in [0.1, 0.15) is 51.5 Å². The summed E-state index contributed by atoms with van der Waals surface area (Å²) in [6.45, 7) is 10.2. The van der Waals surface area contributed by atoms with Crippen LogP contribution in [-0.4, -0.2) is 30.6 Å². The summed E-state index contributed by atoms with van der Waals surface area (Å²) >= 11 is 0. The Morgan fingerprint density at radius 3 is 2.50 bits per heavy atom. The highest BCUT2D eigenvalue weighted by Gasteiger charge is 2.29. The van der Waals surface area contributed by atoms with Gasteiger partial charge in [-0.15, -0.1) is 0 Å². The summed E-state index contributed by atoms with van der Waals surface area (Å²) in [5.74, 6) is 0.502. The number of nitrogens with two attached hydrogens (primary N) is 1. The SMILES string of the molecule is CC(c1ccccc1)C(CN)N1CCCC(C)(C)CC1. The van der Waals surface area contributed by atoms with E-state index in [-0.39, 0.29) is 0 Å². The zero-order chi connectivity index (χ0) is 14.6. The topological polar surface area (TPSA) is 29.3 Å². The lowest BCUT2D eigenvalue weighted by Gasteiger charge is -2.35. The molecule has 1 aliphatic heterocycles. The van der Waals surface area contributed by atoms with Gasteiger partial charge in [-0.25, -0.2) is 0 Å². The van der Waals surface area contributed by atoms with Crippen LogP contribution < -0.4 is 5.73 Å². The number of nitrogens with zero attached hydrogens (tertiary/aromatic N) is 1. The standard InChI is InChI=1S/C18H30N2/c1-15(16-8-5-4-6-9-16)17(14-19)20-12-7-10-18(2,3)11-13-20/h4-6,8-9,15,17H,7,10-14,19H2,1-3H3. The molecule has 1 aromatic carbocycles. The molecule has 20 heavy (non-hydrogen) atoms. The number of rotatable bonds is 4. The van der Waals surface area contributed by atoms with E-state index in [2.05, 4.69) is 56.0 Å². The minimum absolute atomic E-state index is 0.464. The molecule has 1 saturated heterocycles. The largest absolute Gasteiger partial charge is 0.329 e. The van der Waals surface area contributed by atoms with Gasteiger partial charge in [0.2, 0.25) is 0 Å². The Labute approximate surface area is 124 Å². The highest BCUT2D eigenvalue weighted by Crippen LogP contribution is 2.32. The maximum absolute atomic E-state index is 6.12. The monoisotopic (exact) mass is 274 g/mol. The third-order valence-corrected chi connectivity index (χ3v) is 4.99. The maximum Gasteiger partial charge on any atom is 0.0284 e. The van der Waals surface area contributed by atoms with Gasteiger partial charge in [0.05, 0.1) is 0 Å². The molecule has 0 aliphatic carbocycles. The Balaban J connectivity index is 2.08. The van der Waals surface area contributed by atoms with Crippen molar-refractivity contribution >= 4 is 0 Å². The minimum Gasteiger partial charge on any atom is -0.329 e. The van der Waals surface area contributed by atoms with E-state index >= 15 is 0 Å². The Morgan fingerprint density at radius 1 is 1.15 bits per heavy atom. The van der Waals surface area contributed by atoms with E-state index < -0.39 is 0 Å². The molecule has 1 aromatic rings. The van der Waals surface area contributed by atoms with Crippen LogP contribution in [-0.2, 0) is 0 Å². The van der Waals surface area contributed by atoms with Gasteiger partial charge in [0.15, 0.2) is 0 Å². The summed E-state index contributed by atoms with van der Waals surface area (Å²) in [7, 11) is 0. The predicted octanol–water partition coefficient (Wildman–Crippen LogP) is 3.63. The molecular formula is C18H30N2. The molecule has 2 nitrogen and oxygen atoms in total. The van der Waals surface area contributed by atoms with Crippen LogP contribution in [0.25, 0.3) is 0 Å². The number of hydrogen-bond donors (Lipinski definition) is 1. The first-order valence-electron chi connectivity index (χ1n) is 8.02. The molecule has 2 heteroatoms. The molecule has 0 saturated carbocycles. The maximum atomic E-state index is 6.12. The van der Waals surface area contributed by atoms with E-state index in [4.69, 9.17) is 5.73 Å². The quantitative estimate of drug-likeness (QED) is 0.908. The van der Waals surface area contributed by atoms with Gasteiger partial charge in [-0.1, -0.05) is 51.1 Å². The molecular weight excluding hydrogens is 244 g/mol. The molecule has 112 valence electrons. The molecule has 0 amide bonds. The van der Waals surface area contributed by atoms with Gasteiger partial charge in [0.1, 0.15) is 0 Å². The van der Waals surface area contributed by atoms with Crippen LogP contribution in [0.15, 0.2) is 30.3 Å². The average Bonchev–Trinajstić information content (AvgIpc) is 2.62. The lowest BCUT2D eigenvalue weighted by atomic mass is 9.85. The molecule has 2 rings (SSSR count). The molecule has 1 heterocycles. The van der Waals surface area contributed by atoms with Crippen LogP contribution in [0.5, 0.6) is 0 Å². The number of hydrogen-bond acceptors (Lipinski definition) is 2. The second-order valence-corrected chi connectivity index (χ2v) is 7.06. The van der Waals surface area contributed by atoms with Crippen molar-refractivity contribution in [3.63, 3.8) is 0 Å². The number of benzene rings is 1. The summed E-state index contributed by atoms with van der Waals surface area (Å²) in [5, 5.41) is 0. The second-order valence-electron chi connectivity index (χ2n) is 7.06. The zero-order valence-corrected chi connectivity index (χ0v) is 13.3. The van der Waals surface area contributed by atoms with Crippen LogP contribution in [0.4, 0.5) is 0 Å². The first kappa shape index (κ1) is 15.5. The molecule has 2 N–H and O–H groups in total. The molecule has 1 aliphatic rings. The van der Waals surface area contributed by atoms with Gasteiger partial charge < -0.3 is 5.73 Å². The molecule has 0 bridgehead atoms. The Morgan fingerprint density at radius 2 is 1.85 bits per heavy atom. The molecule has 2 atom stereocenters.